The average molecular weight is 1210 g/mol. The van der Waals surface area contributed by atoms with Gasteiger partial charge in [-0.15, -0.1) is 9.24 Å². The van der Waals surface area contributed by atoms with Gasteiger partial charge in [0.2, 0.25) is 5.91 Å². The highest BCUT2D eigenvalue weighted by molar-refractivity contribution is 7.28. The summed E-state index contributed by atoms with van der Waals surface area (Å²) in [6, 6.07) is 17.3. The van der Waals surface area contributed by atoms with Crippen LogP contribution in [0.2, 0.25) is 0 Å². The molecule has 1 amide bonds. The summed E-state index contributed by atoms with van der Waals surface area (Å²) in [5, 5.41) is 20.4. The number of phenolic OH excluding ortho intramolecular Hbond substituents is 1. The van der Waals surface area contributed by atoms with E-state index in [4.69, 9.17) is 14.5 Å². The van der Waals surface area contributed by atoms with Gasteiger partial charge in [0, 0.05) is 87.5 Å². The number of ether oxygens (including phenoxy) is 2. The smallest absolute Gasteiger partial charge is 0.329 e. The zero-order valence-corrected chi connectivity index (χ0v) is 53.0. The largest absolute Gasteiger partial charge is 0.508 e. The number of pyridine rings is 2. The Morgan fingerprint density at radius 1 is 0.954 bits per heavy atom. The fourth-order valence-corrected chi connectivity index (χ4v) is 13.8. The number of aromatic amines is 1. The standard InChI is InChI=1S/C29H46N4O3.C28H24FN6O2P.C10H17NO2/c1-6-8-22(11-10-21(2)3)20-32-16-14-23(15-17-32)24-12-13-25-27(19-24)31(5)29(36)33(25)26(9-7-18-34)28(35)30-4;1-3-17-21(29)7-6-14-9-16(36)10-19(22(14)17)23-25(38)24-20(13-31-23)27(35-28(34-24)37-2)33-12-15-11-32-26-18(15)5-4-8-30-26;1-8(12)13-7-10-5-4-9-3-2-6-11(9)10/h12-13,18-19,21-23,26H,6-11,14-17,20H2,1-5H3,(H,30,35);4-11,13,36H,3,12,38H2,1-2H3,(H,30,32)(H,33,34,35);9-10H,2-7H2,1H3. The first-order valence-electron chi connectivity index (χ1n) is 31.1. The summed E-state index contributed by atoms with van der Waals surface area (Å²) in [6.07, 6.45) is 19.8. The molecule has 20 heteroatoms. The topological polar surface area (TPSA) is 215 Å². The fraction of sp³-hybridized carbons (Fsp3) is 0.493. The van der Waals surface area contributed by atoms with Crippen molar-refractivity contribution in [3.8, 4) is 23.0 Å². The van der Waals surface area contributed by atoms with Crippen LogP contribution in [0.5, 0.6) is 11.8 Å². The van der Waals surface area contributed by atoms with E-state index in [1.807, 2.05) is 31.3 Å². The molecule has 5 unspecified atom stereocenters. The van der Waals surface area contributed by atoms with Crippen LogP contribution < -0.4 is 26.4 Å². The van der Waals surface area contributed by atoms with E-state index in [0.29, 0.717) is 82.2 Å². The third-order valence-electron chi connectivity index (χ3n) is 17.8. The van der Waals surface area contributed by atoms with Gasteiger partial charge in [0.05, 0.1) is 34.7 Å². The Kier molecular flexibility index (Phi) is 21.8. The molecule has 3 aliphatic rings. The molecule has 464 valence electrons. The zero-order valence-electron chi connectivity index (χ0n) is 51.8. The monoisotopic (exact) mass is 1210 g/mol. The molecule has 87 heavy (non-hydrogen) atoms. The molecule has 3 aliphatic heterocycles. The summed E-state index contributed by atoms with van der Waals surface area (Å²) in [6.45, 7) is 16.1. The highest BCUT2D eigenvalue weighted by atomic mass is 31.0. The average Bonchev–Trinajstić information content (AvgIpc) is 1.65. The summed E-state index contributed by atoms with van der Waals surface area (Å²) in [4.78, 5) is 73.9. The predicted octanol–water partition coefficient (Wildman–Crippen LogP) is 11.1. The van der Waals surface area contributed by atoms with Gasteiger partial charge >= 0.3 is 17.7 Å². The van der Waals surface area contributed by atoms with E-state index in [1.165, 1.54) is 90.1 Å². The minimum atomic E-state index is -0.697. The zero-order chi connectivity index (χ0) is 61.9. The first-order chi connectivity index (χ1) is 42.0. The van der Waals surface area contributed by atoms with Gasteiger partial charge in [-0.2, -0.15) is 9.97 Å². The number of aryl methyl sites for hydroxylation is 2. The van der Waals surface area contributed by atoms with Crippen LogP contribution in [-0.4, -0.2) is 126 Å². The van der Waals surface area contributed by atoms with Crippen LogP contribution in [0.25, 0.3) is 55.0 Å². The number of esters is 1. The van der Waals surface area contributed by atoms with Crippen LogP contribution >= 0.6 is 9.24 Å². The third-order valence-corrected chi connectivity index (χ3v) is 18.4. The first-order valence-corrected chi connectivity index (χ1v) is 31.7. The van der Waals surface area contributed by atoms with Crippen LogP contribution in [0.15, 0.2) is 78.0 Å². The fourth-order valence-electron chi connectivity index (χ4n) is 13.3. The summed E-state index contributed by atoms with van der Waals surface area (Å²) >= 11 is 0. The van der Waals surface area contributed by atoms with Crippen molar-refractivity contribution in [3.05, 3.63) is 106 Å². The van der Waals surface area contributed by atoms with E-state index in [2.05, 4.69) is 82.5 Å². The van der Waals surface area contributed by atoms with Gasteiger partial charge in [0.15, 0.2) is 0 Å². The molecule has 11 rings (SSSR count). The van der Waals surface area contributed by atoms with Gasteiger partial charge < -0.3 is 39.9 Å². The number of hydrogen-bond donors (Lipinski definition) is 4. The number of rotatable bonds is 21. The SMILES string of the molecule is CC(=O)OCC1CCC2CCCN21.CCCC(CCC(C)C)CN1CCC(c2ccc3c(c2)n(C)c(=O)n3C(CCC=O)C(=O)NC)CC1.CCc1c(F)ccc2cc(O)cc(-c3ncc4c(NCc5c[nH]c6ncccc56)nc(OC)nc4c3P)c12. The quantitative estimate of drug-likeness (QED) is 0.0299. The maximum Gasteiger partial charge on any atom is 0.329 e. The molecule has 3 fully saturated rings. The van der Waals surface area contributed by atoms with Crippen LogP contribution in [0.1, 0.15) is 140 Å². The van der Waals surface area contributed by atoms with Crippen molar-refractivity contribution in [2.24, 2.45) is 18.9 Å². The number of aromatic nitrogens is 7. The summed E-state index contributed by atoms with van der Waals surface area (Å²) in [5.74, 6) is 1.99. The summed E-state index contributed by atoms with van der Waals surface area (Å²) < 4.78 is 28.4. The van der Waals surface area contributed by atoms with E-state index >= 15 is 0 Å². The molecule has 5 aromatic heterocycles. The van der Waals surface area contributed by atoms with E-state index in [9.17, 15) is 28.7 Å². The number of amides is 1. The minimum Gasteiger partial charge on any atom is -0.508 e. The number of fused-ring (bicyclic) bond motifs is 5. The Morgan fingerprint density at radius 3 is 2.48 bits per heavy atom. The molecule has 0 spiro atoms. The Hall–Kier alpha value is -7.34. The number of carbonyl (C=O) groups is 3. The molecule has 3 saturated heterocycles. The Bertz CT molecular complexity index is 3760. The number of piperidine rings is 1. The molecule has 8 heterocycles. The number of aromatic hydroxyl groups is 1. The van der Waals surface area contributed by atoms with Crippen LogP contribution in [0.3, 0.4) is 0 Å². The number of halogens is 1. The van der Waals surface area contributed by atoms with Crippen molar-refractivity contribution in [1.29, 1.82) is 0 Å². The van der Waals surface area contributed by atoms with Gasteiger partial charge in [-0.25, -0.2) is 14.2 Å². The molecule has 0 radical (unpaired) electrons. The number of carbonyl (C=O) groups excluding carboxylic acids is 3. The first kappa shape index (κ1) is 64.1. The Balaban J connectivity index is 0.000000172. The highest BCUT2D eigenvalue weighted by Gasteiger charge is 2.37. The Morgan fingerprint density at radius 2 is 1.76 bits per heavy atom. The van der Waals surface area contributed by atoms with Gasteiger partial charge in [-0.3, -0.25) is 28.6 Å². The summed E-state index contributed by atoms with van der Waals surface area (Å²) in [7, 11) is 7.54. The molecule has 8 aromatic rings. The van der Waals surface area contributed by atoms with Crippen molar-refractivity contribution in [2.75, 3.05) is 52.3 Å². The number of phenols is 1. The van der Waals surface area contributed by atoms with Crippen LogP contribution in [0, 0.1) is 17.7 Å². The molecular formula is C67H87FN11O7P. The molecular weight excluding hydrogens is 1120 g/mol. The van der Waals surface area contributed by atoms with Crippen molar-refractivity contribution < 1.29 is 33.4 Å². The maximum absolute atomic E-state index is 14.8. The van der Waals surface area contributed by atoms with Crippen LogP contribution in [-0.2, 0) is 39.1 Å². The molecule has 0 saturated carbocycles. The number of aldehydes is 1. The lowest BCUT2D eigenvalue weighted by Crippen LogP contribution is -2.36. The molecule has 3 aromatic carbocycles. The molecule has 5 atom stereocenters. The van der Waals surface area contributed by atoms with E-state index in [0.717, 1.165) is 83.1 Å². The van der Waals surface area contributed by atoms with E-state index in [-0.39, 0.29) is 41.6 Å². The number of anilines is 1. The summed E-state index contributed by atoms with van der Waals surface area (Å²) in [5.41, 5.74) is 6.86. The number of nitrogens with zero attached hydrogens (tertiary/aromatic N) is 8. The van der Waals surface area contributed by atoms with Crippen molar-refractivity contribution >= 4 is 82.3 Å². The van der Waals surface area contributed by atoms with Crippen molar-refractivity contribution in [2.45, 2.75) is 149 Å². The molecule has 4 N–H and O–H groups in total. The number of hydrogen-bond acceptors (Lipinski definition) is 14. The lowest BCUT2D eigenvalue weighted by atomic mass is 9.88. The Labute approximate surface area is 511 Å². The normalized spacial score (nSPS) is 17.0. The lowest BCUT2D eigenvalue weighted by Gasteiger charge is -2.34. The second kappa shape index (κ2) is 29.6. The number of H-pyrrole nitrogens is 1. The maximum atomic E-state index is 14.8. The molecule has 18 nitrogen and oxygen atoms in total. The van der Waals surface area contributed by atoms with Gasteiger partial charge in [0.25, 0.3) is 0 Å². The van der Waals surface area contributed by atoms with E-state index in [1.54, 1.807) is 53.8 Å². The molecule has 0 bridgehead atoms. The minimum absolute atomic E-state index is 0.0725. The number of imidazole rings is 1. The molecule has 0 aliphatic carbocycles. The van der Waals surface area contributed by atoms with Gasteiger partial charge in [-0.1, -0.05) is 52.7 Å². The van der Waals surface area contributed by atoms with Crippen molar-refractivity contribution in [3.63, 3.8) is 0 Å². The third kappa shape index (κ3) is 14.8. The van der Waals surface area contributed by atoms with Crippen molar-refractivity contribution in [1.82, 2.24) is 49.2 Å². The number of likely N-dealkylation sites (tertiary alicyclic amines) is 1. The number of benzene rings is 3. The van der Waals surface area contributed by atoms with Gasteiger partial charge in [-0.05, 0) is 172 Å². The van der Waals surface area contributed by atoms with E-state index < -0.39 is 6.04 Å². The number of nitrogens with one attached hydrogen (secondary N) is 3. The second-order valence-electron chi connectivity index (χ2n) is 24.0. The second-order valence-corrected chi connectivity index (χ2v) is 24.6. The highest BCUT2D eigenvalue weighted by Crippen LogP contribution is 2.38. The van der Waals surface area contributed by atoms with Crippen LogP contribution in [0.4, 0.5) is 10.2 Å². The van der Waals surface area contributed by atoms with Gasteiger partial charge in [0.1, 0.15) is 42.0 Å². The predicted molar refractivity (Wildman–Crippen MR) is 346 cm³/mol. The lowest BCUT2D eigenvalue weighted by molar-refractivity contribution is -0.142. The number of likely N-dealkylation sites (N-methyl/N-ethyl adjacent to an activating group) is 1. The number of methoxy groups -OCH3 is 1.